The minimum absolute atomic E-state index is 0.346. The predicted octanol–water partition coefficient (Wildman–Crippen LogP) is 1.35. The van der Waals surface area contributed by atoms with Crippen LogP contribution < -0.4 is 4.90 Å². The van der Waals surface area contributed by atoms with Gasteiger partial charge in [0.05, 0.1) is 11.5 Å². The van der Waals surface area contributed by atoms with Crippen LogP contribution in [0.3, 0.4) is 0 Å². The zero-order valence-electron chi connectivity index (χ0n) is 10.6. The summed E-state index contributed by atoms with van der Waals surface area (Å²) in [6, 6.07) is 4.12. The number of aromatic nitrogens is 1. The number of nitrogens with zero attached hydrogens (tertiary/aromatic N) is 3. The molecule has 0 bridgehead atoms. The highest BCUT2D eigenvalue weighted by Crippen LogP contribution is 2.30. The van der Waals surface area contributed by atoms with Gasteiger partial charge < -0.3 is 10.0 Å². The maximum Gasteiger partial charge on any atom is 0.308 e. The van der Waals surface area contributed by atoms with E-state index in [-0.39, 0.29) is 5.92 Å². The molecule has 1 atom stereocenters. The summed E-state index contributed by atoms with van der Waals surface area (Å²) in [6.07, 6.45) is 3.67. The van der Waals surface area contributed by atoms with Crippen molar-refractivity contribution in [2.45, 2.75) is 25.7 Å². The van der Waals surface area contributed by atoms with Gasteiger partial charge in [0.1, 0.15) is 11.9 Å². The Morgan fingerprint density at radius 3 is 3.05 bits per heavy atom. The van der Waals surface area contributed by atoms with Crippen LogP contribution in [0.1, 0.15) is 29.7 Å². The molecule has 98 valence electrons. The number of pyridine rings is 1. The van der Waals surface area contributed by atoms with Gasteiger partial charge in [-0.3, -0.25) is 4.79 Å². The molecule has 1 aliphatic carbocycles. The summed E-state index contributed by atoms with van der Waals surface area (Å²) in [6.45, 7) is 1.12. The van der Waals surface area contributed by atoms with Gasteiger partial charge >= 0.3 is 5.97 Å². The van der Waals surface area contributed by atoms with Crippen molar-refractivity contribution in [2.24, 2.45) is 5.92 Å². The number of aliphatic carboxylic acids is 1. The highest BCUT2D eigenvalue weighted by molar-refractivity contribution is 5.72. The van der Waals surface area contributed by atoms with E-state index in [9.17, 15) is 10.1 Å². The molecule has 1 fully saturated rings. The summed E-state index contributed by atoms with van der Waals surface area (Å²) >= 11 is 0. The van der Waals surface area contributed by atoms with Crippen molar-refractivity contribution in [3.05, 3.63) is 22.9 Å². The fourth-order valence-electron chi connectivity index (χ4n) is 2.94. The Hall–Kier alpha value is -2.09. The molecule has 1 aromatic rings. The zero-order valence-corrected chi connectivity index (χ0v) is 10.6. The fourth-order valence-corrected chi connectivity index (χ4v) is 2.94. The number of hydrogen-bond donors (Lipinski definition) is 1. The summed E-state index contributed by atoms with van der Waals surface area (Å²) in [4.78, 5) is 17.6. The van der Waals surface area contributed by atoms with Gasteiger partial charge in [-0.15, -0.1) is 0 Å². The van der Waals surface area contributed by atoms with E-state index in [0.717, 1.165) is 25.0 Å². The molecule has 5 nitrogen and oxygen atoms in total. The Bertz CT molecular complexity index is 577. The maximum atomic E-state index is 11.0. The van der Waals surface area contributed by atoms with Crippen LogP contribution in [0.25, 0.3) is 0 Å². The second-order valence-electron chi connectivity index (χ2n) is 5.20. The molecule has 1 aliphatic heterocycles. The minimum atomic E-state index is -0.762. The molecule has 0 aromatic carbocycles. The van der Waals surface area contributed by atoms with Crippen LogP contribution >= 0.6 is 0 Å². The van der Waals surface area contributed by atoms with Gasteiger partial charge in [-0.05, 0) is 37.3 Å². The van der Waals surface area contributed by atoms with Gasteiger partial charge in [-0.2, -0.15) is 5.26 Å². The quantitative estimate of drug-likeness (QED) is 0.865. The number of carbonyl (C=O) groups is 1. The molecule has 1 aromatic heterocycles. The van der Waals surface area contributed by atoms with E-state index < -0.39 is 5.97 Å². The molecule has 1 N–H and O–H groups in total. The highest BCUT2D eigenvalue weighted by Gasteiger charge is 2.30. The number of hydrogen-bond acceptors (Lipinski definition) is 4. The third kappa shape index (κ3) is 2.03. The van der Waals surface area contributed by atoms with Crippen molar-refractivity contribution in [1.29, 1.82) is 5.26 Å². The van der Waals surface area contributed by atoms with Crippen LogP contribution in [-0.4, -0.2) is 29.1 Å². The molecule has 0 amide bonds. The lowest BCUT2D eigenvalue weighted by Crippen LogP contribution is -2.24. The summed E-state index contributed by atoms with van der Waals surface area (Å²) in [5.41, 5.74) is 2.83. The predicted molar refractivity (Wildman–Crippen MR) is 68.9 cm³/mol. The van der Waals surface area contributed by atoms with E-state index in [0.29, 0.717) is 30.9 Å². The summed E-state index contributed by atoms with van der Waals surface area (Å²) in [7, 11) is 0. The number of fused-ring (bicyclic) bond motifs is 1. The van der Waals surface area contributed by atoms with Gasteiger partial charge in [0.25, 0.3) is 0 Å². The number of anilines is 1. The van der Waals surface area contributed by atoms with E-state index in [2.05, 4.69) is 11.1 Å². The third-order valence-corrected chi connectivity index (χ3v) is 3.99. The number of nitriles is 1. The van der Waals surface area contributed by atoms with Crippen LogP contribution in [0, 0.1) is 17.2 Å². The van der Waals surface area contributed by atoms with Crippen LogP contribution in [-0.2, 0) is 17.6 Å². The van der Waals surface area contributed by atoms with Crippen molar-refractivity contribution in [3.8, 4) is 6.07 Å². The Kier molecular flexibility index (Phi) is 2.86. The molecule has 1 saturated heterocycles. The van der Waals surface area contributed by atoms with Gasteiger partial charge in [0, 0.05) is 18.8 Å². The number of rotatable bonds is 2. The number of carboxylic acids is 1. The van der Waals surface area contributed by atoms with E-state index in [1.165, 1.54) is 5.56 Å². The average molecular weight is 257 g/mol. The first kappa shape index (κ1) is 12.0. The Labute approximate surface area is 111 Å². The third-order valence-electron chi connectivity index (χ3n) is 3.99. The van der Waals surface area contributed by atoms with Crippen LogP contribution in [0.4, 0.5) is 5.82 Å². The molecule has 0 radical (unpaired) electrons. The molecule has 19 heavy (non-hydrogen) atoms. The monoisotopic (exact) mass is 257 g/mol. The second-order valence-corrected chi connectivity index (χ2v) is 5.20. The molecule has 1 unspecified atom stereocenters. The first-order chi connectivity index (χ1) is 9.19. The van der Waals surface area contributed by atoms with Gasteiger partial charge in [-0.1, -0.05) is 0 Å². The normalized spacial score (nSPS) is 21.2. The van der Waals surface area contributed by atoms with Gasteiger partial charge in [0.2, 0.25) is 0 Å². The first-order valence-corrected chi connectivity index (χ1v) is 6.59. The lowest BCUT2D eigenvalue weighted by molar-refractivity contribution is -0.140. The van der Waals surface area contributed by atoms with Crippen molar-refractivity contribution in [1.82, 2.24) is 4.98 Å². The van der Waals surface area contributed by atoms with Crippen molar-refractivity contribution in [2.75, 3.05) is 18.0 Å². The zero-order chi connectivity index (χ0) is 13.4. The number of aryl methyl sites for hydroxylation is 2. The standard InChI is InChI=1S/C14H15N3O2/c15-7-11-6-9-2-1-3-12(9)16-13(11)17-5-4-10(8-17)14(18)19/h6,10H,1-5,8H2,(H,18,19). The fraction of sp³-hybridized carbons (Fsp3) is 0.500. The first-order valence-electron chi connectivity index (χ1n) is 6.59. The summed E-state index contributed by atoms with van der Waals surface area (Å²) < 4.78 is 0. The molecular formula is C14H15N3O2. The Morgan fingerprint density at radius 1 is 1.53 bits per heavy atom. The molecule has 5 heteroatoms. The number of carboxylic acid groups (broad SMARTS) is 1. The topological polar surface area (TPSA) is 77.2 Å². The summed E-state index contributed by atoms with van der Waals surface area (Å²) in [5.74, 6) is -0.435. The lowest BCUT2D eigenvalue weighted by Gasteiger charge is -2.19. The minimum Gasteiger partial charge on any atom is -0.481 e. The molecule has 2 aliphatic rings. The van der Waals surface area contributed by atoms with Crippen LogP contribution in [0.15, 0.2) is 6.07 Å². The lowest BCUT2D eigenvalue weighted by atomic mass is 10.1. The Morgan fingerprint density at radius 2 is 2.37 bits per heavy atom. The highest BCUT2D eigenvalue weighted by atomic mass is 16.4. The molecule has 0 saturated carbocycles. The average Bonchev–Trinajstić information content (AvgIpc) is 3.05. The SMILES string of the molecule is N#Cc1cc2c(nc1N1CCC(C(=O)O)C1)CCC2. The molecular weight excluding hydrogens is 242 g/mol. The van der Waals surface area contributed by atoms with E-state index >= 15 is 0 Å². The van der Waals surface area contributed by atoms with Crippen molar-refractivity contribution in [3.63, 3.8) is 0 Å². The van der Waals surface area contributed by atoms with Gasteiger partial charge in [-0.25, -0.2) is 4.98 Å². The van der Waals surface area contributed by atoms with Gasteiger partial charge in [0.15, 0.2) is 0 Å². The molecule has 3 rings (SSSR count). The largest absolute Gasteiger partial charge is 0.481 e. The van der Waals surface area contributed by atoms with Crippen LogP contribution in [0.5, 0.6) is 0 Å². The molecule has 2 heterocycles. The molecule has 0 spiro atoms. The van der Waals surface area contributed by atoms with E-state index in [4.69, 9.17) is 5.11 Å². The van der Waals surface area contributed by atoms with Crippen LogP contribution in [0.2, 0.25) is 0 Å². The smallest absolute Gasteiger partial charge is 0.308 e. The second kappa shape index (κ2) is 4.54. The van der Waals surface area contributed by atoms with Crippen molar-refractivity contribution < 1.29 is 9.90 Å². The Balaban J connectivity index is 1.93. The van der Waals surface area contributed by atoms with Crippen molar-refractivity contribution >= 4 is 11.8 Å². The summed E-state index contributed by atoms with van der Waals surface area (Å²) in [5, 5.41) is 18.3. The van der Waals surface area contributed by atoms with E-state index in [1.54, 1.807) is 0 Å². The maximum absolute atomic E-state index is 11.0. The van der Waals surface area contributed by atoms with E-state index in [1.807, 2.05) is 11.0 Å².